The van der Waals surface area contributed by atoms with Crippen LogP contribution >= 0.6 is 0 Å². The summed E-state index contributed by atoms with van der Waals surface area (Å²) in [4.78, 5) is 0. The molecule has 1 rings (SSSR count). The average Bonchev–Trinajstić information content (AvgIpc) is 2.40. The van der Waals surface area contributed by atoms with Crippen molar-refractivity contribution in [3.8, 4) is 24.0 Å². The van der Waals surface area contributed by atoms with E-state index in [1.54, 1.807) is 42.5 Å². The van der Waals surface area contributed by atoms with Gasteiger partial charge in [0.05, 0.1) is 11.3 Å². The molecule has 0 aliphatic heterocycles. The second-order valence-corrected chi connectivity index (χ2v) is 2.94. The van der Waals surface area contributed by atoms with Crippen LogP contribution in [-0.2, 0) is 0 Å². The smallest absolute Gasteiger partial charge is 0.153 e. The Bertz CT molecular complexity index is 552. The first-order valence-electron chi connectivity index (χ1n) is 4.70. The van der Waals surface area contributed by atoms with E-state index < -0.39 is 0 Å². The molecule has 0 saturated carbocycles. The minimum absolute atomic E-state index is 0.0666. The summed E-state index contributed by atoms with van der Waals surface area (Å²) in [6.07, 6.45) is 0. The molecule has 0 saturated heterocycles. The van der Waals surface area contributed by atoms with Gasteiger partial charge in [-0.1, -0.05) is 24.8 Å². The monoisotopic (exact) mass is 238 g/mol. The number of benzene rings is 1. The molecule has 3 N–H and O–H groups in total. The SMILES string of the molecule is C=C(C#N)C(N)=C(C#N)C#N.Oc1ccccc1. The molecule has 1 aromatic rings. The van der Waals surface area contributed by atoms with Gasteiger partial charge < -0.3 is 10.8 Å². The molecule has 0 atom stereocenters. The van der Waals surface area contributed by atoms with Crippen molar-refractivity contribution in [3.05, 3.63) is 53.8 Å². The van der Waals surface area contributed by atoms with Crippen molar-refractivity contribution in [2.75, 3.05) is 0 Å². The van der Waals surface area contributed by atoms with Gasteiger partial charge in [-0.2, -0.15) is 15.8 Å². The predicted molar refractivity (Wildman–Crippen MR) is 65.3 cm³/mol. The number of rotatable bonds is 1. The number of para-hydroxylation sites is 1. The number of nitriles is 3. The Hall–Kier alpha value is -3.23. The van der Waals surface area contributed by atoms with E-state index in [4.69, 9.17) is 26.6 Å². The van der Waals surface area contributed by atoms with Crippen LogP contribution < -0.4 is 5.73 Å². The van der Waals surface area contributed by atoms with E-state index >= 15 is 0 Å². The fraction of sp³-hybridized carbons (Fsp3) is 0. The number of phenols is 1. The molecule has 0 spiro atoms. The summed E-state index contributed by atoms with van der Waals surface area (Å²) in [5.41, 5.74) is 4.70. The fourth-order valence-corrected chi connectivity index (χ4v) is 0.785. The van der Waals surface area contributed by atoms with E-state index in [9.17, 15) is 0 Å². The maximum absolute atomic E-state index is 8.63. The lowest BCUT2D eigenvalue weighted by Gasteiger charge is -1.92. The highest BCUT2D eigenvalue weighted by Crippen LogP contribution is 2.04. The molecule has 1 aromatic carbocycles. The number of nitrogens with two attached hydrogens (primary N) is 1. The third-order valence-corrected chi connectivity index (χ3v) is 1.71. The lowest BCUT2D eigenvalue weighted by atomic mass is 10.1. The van der Waals surface area contributed by atoms with E-state index in [0.717, 1.165) is 0 Å². The van der Waals surface area contributed by atoms with Crippen LogP contribution in [0.4, 0.5) is 0 Å². The number of nitrogens with zero attached hydrogens (tertiary/aromatic N) is 3. The minimum Gasteiger partial charge on any atom is -0.508 e. The van der Waals surface area contributed by atoms with Crippen molar-refractivity contribution in [2.24, 2.45) is 5.73 Å². The number of hydrogen-bond donors (Lipinski definition) is 2. The van der Waals surface area contributed by atoms with E-state index in [1.807, 2.05) is 6.07 Å². The Kier molecular flexibility index (Phi) is 6.55. The zero-order valence-electron chi connectivity index (χ0n) is 9.46. The molecule has 0 unspecified atom stereocenters. The summed E-state index contributed by atoms with van der Waals surface area (Å²) in [5, 5.41) is 33.5. The van der Waals surface area contributed by atoms with Crippen molar-refractivity contribution in [1.82, 2.24) is 0 Å². The van der Waals surface area contributed by atoms with E-state index in [-0.39, 0.29) is 16.8 Å². The molecule has 0 radical (unpaired) electrons. The molecule has 5 nitrogen and oxygen atoms in total. The fourth-order valence-electron chi connectivity index (χ4n) is 0.785. The van der Waals surface area contributed by atoms with E-state index in [2.05, 4.69) is 6.58 Å². The molecule has 5 heteroatoms. The molecular weight excluding hydrogens is 228 g/mol. The largest absolute Gasteiger partial charge is 0.508 e. The zero-order valence-corrected chi connectivity index (χ0v) is 9.46. The van der Waals surface area contributed by atoms with Crippen molar-refractivity contribution < 1.29 is 5.11 Å². The van der Waals surface area contributed by atoms with Crippen molar-refractivity contribution in [3.63, 3.8) is 0 Å². The molecule has 0 aliphatic carbocycles. The Morgan fingerprint density at radius 1 is 1.06 bits per heavy atom. The highest BCUT2D eigenvalue weighted by atomic mass is 16.3. The Morgan fingerprint density at radius 3 is 1.83 bits per heavy atom. The van der Waals surface area contributed by atoms with Crippen LogP contribution in [0.3, 0.4) is 0 Å². The van der Waals surface area contributed by atoms with Crippen LogP contribution in [0.25, 0.3) is 0 Å². The number of aromatic hydroxyl groups is 1. The summed E-state index contributed by atoms with van der Waals surface area (Å²) < 4.78 is 0. The summed E-state index contributed by atoms with van der Waals surface area (Å²) >= 11 is 0. The summed E-state index contributed by atoms with van der Waals surface area (Å²) in [6, 6.07) is 13.4. The molecule has 0 aliphatic rings. The molecule has 0 heterocycles. The number of hydrogen-bond acceptors (Lipinski definition) is 5. The second kappa shape index (κ2) is 7.98. The highest BCUT2D eigenvalue weighted by Gasteiger charge is 2.03. The third kappa shape index (κ3) is 5.02. The van der Waals surface area contributed by atoms with Gasteiger partial charge in [-0.05, 0) is 12.1 Å². The standard InChI is InChI=1S/C7H4N4.C6H6O/c1-5(2-8)7(11)6(3-9)4-10;7-6-4-2-1-3-5-6/h1,11H2;1-5,7H. The molecule has 0 amide bonds. The molecule has 0 fully saturated rings. The zero-order chi connectivity index (χ0) is 14.0. The van der Waals surface area contributed by atoms with E-state index in [1.165, 1.54) is 0 Å². The van der Waals surface area contributed by atoms with Gasteiger partial charge in [0.2, 0.25) is 0 Å². The first kappa shape index (κ1) is 14.8. The maximum atomic E-state index is 8.63. The van der Waals surface area contributed by atoms with Gasteiger partial charge in [0, 0.05) is 0 Å². The minimum atomic E-state index is -0.281. The lowest BCUT2D eigenvalue weighted by molar-refractivity contribution is 0.475. The van der Waals surface area contributed by atoms with Crippen molar-refractivity contribution in [2.45, 2.75) is 0 Å². The highest BCUT2D eigenvalue weighted by molar-refractivity contribution is 5.50. The normalized spacial score (nSPS) is 7.39. The molecule has 88 valence electrons. The molecular formula is C13H10N4O. The van der Waals surface area contributed by atoms with Crippen molar-refractivity contribution in [1.29, 1.82) is 15.8 Å². The molecule has 0 bridgehead atoms. The van der Waals surface area contributed by atoms with Gasteiger partial charge in [-0.15, -0.1) is 0 Å². The summed E-state index contributed by atoms with van der Waals surface area (Å²) in [7, 11) is 0. The lowest BCUT2D eigenvalue weighted by Crippen LogP contribution is -2.02. The predicted octanol–water partition coefficient (Wildman–Crippen LogP) is 1.72. The van der Waals surface area contributed by atoms with Gasteiger partial charge >= 0.3 is 0 Å². The quantitative estimate of drug-likeness (QED) is 0.570. The maximum Gasteiger partial charge on any atom is 0.153 e. The van der Waals surface area contributed by atoms with Crippen LogP contribution in [0.1, 0.15) is 0 Å². The van der Waals surface area contributed by atoms with Crippen LogP contribution in [0.15, 0.2) is 53.8 Å². The van der Waals surface area contributed by atoms with Gasteiger partial charge in [0.1, 0.15) is 24.0 Å². The average molecular weight is 238 g/mol. The first-order valence-corrected chi connectivity index (χ1v) is 4.70. The van der Waals surface area contributed by atoms with Crippen LogP contribution in [0, 0.1) is 34.0 Å². The van der Waals surface area contributed by atoms with Gasteiger partial charge in [0.15, 0.2) is 5.57 Å². The Balaban J connectivity index is 0.000000351. The topological polar surface area (TPSA) is 118 Å². The molecule has 0 aromatic heterocycles. The van der Waals surface area contributed by atoms with Crippen molar-refractivity contribution >= 4 is 0 Å². The van der Waals surface area contributed by atoms with Crippen LogP contribution in [-0.4, -0.2) is 5.11 Å². The number of allylic oxidation sites excluding steroid dienone is 2. The van der Waals surface area contributed by atoms with Gasteiger partial charge in [0.25, 0.3) is 0 Å². The van der Waals surface area contributed by atoms with Crippen LogP contribution in [0.5, 0.6) is 5.75 Å². The first-order chi connectivity index (χ1) is 8.56. The summed E-state index contributed by atoms with van der Waals surface area (Å²) in [5.74, 6) is 0.322. The van der Waals surface area contributed by atoms with Crippen LogP contribution in [0.2, 0.25) is 0 Å². The molecule has 18 heavy (non-hydrogen) atoms. The van der Waals surface area contributed by atoms with Gasteiger partial charge in [-0.3, -0.25) is 0 Å². The Morgan fingerprint density at radius 2 is 1.56 bits per heavy atom. The third-order valence-electron chi connectivity index (χ3n) is 1.71. The second-order valence-electron chi connectivity index (χ2n) is 2.94. The summed E-state index contributed by atoms with van der Waals surface area (Å²) in [6.45, 7) is 3.24. The van der Waals surface area contributed by atoms with E-state index in [0.29, 0.717) is 5.75 Å². The number of phenolic OH excluding ortho intramolecular Hbond substituents is 1. The van der Waals surface area contributed by atoms with Gasteiger partial charge in [-0.25, -0.2) is 0 Å². The Labute approximate surface area is 105 Å².